The Kier molecular flexibility index (Phi) is 3.09. The molecular formula is C14H9F2N3O2. The molecule has 1 amide bonds. The number of nitrogens with one attached hydrogen (secondary N) is 1. The smallest absolute Gasteiger partial charge is 0.258 e. The Bertz CT molecular complexity index is 845. The summed E-state index contributed by atoms with van der Waals surface area (Å²) in [7, 11) is 0. The predicted molar refractivity (Wildman–Crippen MR) is 70.9 cm³/mol. The molecule has 2 heterocycles. The van der Waals surface area contributed by atoms with Crippen LogP contribution in [0.25, 0.3) is 11.1 Å². The first-order valence-electron chi connectivity index (χ1n) is 6.03. The van der Waals surface area contributed by atoms with Crippen LogP contribution in [0.3, 0.4) is 0 Å². The van der Waals surface area contributed by atoms with E-state index in [0.29, 0.717) is 22.5 Å². The van der Waals surface area contributed by atoms with Crippen LogP contribution in [-0.4, -0.2) is 16.0 Å². The average molecular weight is 289 g/mol. The van der Waals surface area contributed by atoms with Gasteiger partial charge in [0, 0.05) is 0 Å². The van der Waals surface area contributed by atoms with Gasteiger partial charge in [-0.3, -0.25) is 4.79 Å². The highest BCUT2D eigenvalue weighted by Gasteiger charge is 2.14. The zero-order chi connectivity index (χ0) is 15.0. The number of carbonyl (C=O) groups excluding carboxylic acids is 1. The molecule has 3 aromatic rings. The van der Waals surface area contributed by atoms with Crippen LogP contribution < -0.4 is 5.32 Å². The molecule has 0 atom stereocenters. The summed E-state index contributed by atoms with van der Waals surface area (Å²) in [6.45, 7) is 1.73. The SMILES string of the molecule is Cc1noc2ncc(NC(=O)c3cc(F)ccc3F)cc12. The van der Waals surface area contributed by atoms with Crippen molar-refractivity contribution in [1.29, 1.82) is 0 Å². The van der Waals surface area contributed by atoms with Crippen LogP contribution in [-0.2, 0) is 0 Å². The molecule has 0 saturated heterocycles. The molecule has 21 heavy (non-hydrogen) atoms. The lowest BCUT2D eigenvalue weighted by atomic mass is 10.2. The van der Waals surface area contributed by atoms with Gasteiger partial charge in [-0.1, -0.05) is 5.16 Å². The van der Waals surface area contributed by atoms with Crippen molar-refractivity contribution in [3.63, 3.8) is 0 Å². The topological polar surface area (TPSA) is 68.0 Å². The van der Waals surface area contributed by atoms with Crippen LogP contribution in [0.2, 0.25) is 0 Å². The lowest BCUT2D eigenvalue weighted by molar-refractivity contribution is 0.102. The highest BCUT2D eigenvalue weighted by Crippen LogP contribution is 2.20. The Balaban J connectivity index is 1.92. The van der Waals surface area contributed by atoms with Crippen LogP contribution in [0.15, 0.2) is 35.0 Å². The van der Waals surface area contributed by atoms with Gasteiger partial charge in [0.2, 0.25) is 0 Å². The number of hydrogen-bond acceptors (Lipinski definition) is 4. The predicted octanol–water partition coefficient (Wildman–Crippen LogP) is 3.06. The molecule has 0 aliphatic rings. The van der Waals surface area contributed by atoms with E-state index in [-0.39, 0.29) is 5.56 Å². The number of anilines is 1. The maximum absolute atomic E-state index is 13.5. The quantitative estimate of drug-likeness (QED) is 0.787. The summed E-state index contributed by atoms with van der Waals surface area (Å²) in [4.78, 5) is 15.9. The minimum absolute atomic E-state index is 0.336. The Morgan fingerprint density at radius 3 is 2.90 bits per heavy atom. The third-order valence-electron chi connectivity index (χ3n) is 2.94. The second-order valence-corrected chi connectivity index (χ2v) is 4.42. The highest BCUT2D eigenvalue weighted by atomic mass is 19.1. The van der Waals surface area contributed by atoms with Gasteiger partial charge in [-0.05, 0) is 31.2 Å². The molecule has 1 N–H and O–H groups in total. The number of hydrogen-bond donors (Lipinski definition) is 1. The number of pyridine rings is 1. The molecule has 0 aliphatic heterocycles. The van der Waals surface area contributed by atoms with Crippen molar-refractivity contribution in [2.24, 2.45) is 0 Å². The molecule has 2 aromatic heterocycles. The van der Waals surface area contributed by atoms with Crippen molar-refractivity contribution in [2.45, 2.75) is 6.92 Å². The first-order chi connectivity index (χ1) is 10.0. The first-order valence-corrected chi connectivity index (χ1v) is 6.03. The molecule has 0 radical (unpaired) electrons. The van der Waals surface area contributed by atoms with E-state index in [1.807, 2.05) is 0 Å². The van der Waals surface area contributed by atoms with Gasteiger partial charge < -0.3 is 9.84 Å². The van der Waals surface area contributed by atoms with Crippen LogP contribution >= 0.6 is 0 Å². The molecule has 3 rings (SSSR count). The van der Waals surface area contributed by atoms with E-state index in [2.05, 4.69) is 15.5 Å². The van der Waals surface area contributed by atoms with Gasteiger partial charge >= 0.3 is 0 Å². The largest absolute Gasteiger partial charge is 0.336 e. The molecule has 0 saturated carbocycles. The Hall–Kier alpha value is -2.83. The number of halogens is 2. The van der Waals surface area contributed by atoms with E-state index >= 15 is 0 Å². The lowest BCUT2D eigenvalue weighted by Gasteiger charge is -2.06. The number of amides is 1. The second-order valence-electron chi connectivity index (χ2n) is 4.42. The van der Waals surface area contributed by atoms with Crippen molar-refractivity contribution < 1.29 is 18.1 Å². The van der Waals surface area contributed by atoms with Crippen molar-refractivity contribution >= 4 is 22.7 Å². The van der Waals surface area contributed by atoms with Gasteiger partial charge in [0.05, 0.1) is 28.5 Å². The highest BCUT2D eigenvalue weighted by molar-refractivity contribution is 6.05. The molecule has 7 heteroatoms. The molecule has 0 fully saturated rings. The average Bonchev–Trinajstić information content (AvgIpc) is 2.83. The number of rotatable bonds is 2. The van der Waals surface area contributed by atoms with E-state index < -0.39 is 17.5 Å². The summed E-state index contributed by atoms with van der Waals surface area (Å²) < 4.78 is 31.6. The van der Waals surface area contributed by atoms with Crippen molar-refractivity contribution in [1.82, 2.24) is 10.1 Å². The first kappa shape index (κ1) is 13.2. The fourth-order valence-corrected chi connectivity index (χ4v) is 1.88. The zero-order valence-corrected chi connectivity index (χ0v) is 10.9. The van der Waals surface area contributed by atoms with Crippen molar-refractivity contribution in [3.05, 3.63) is 53.4 Å². The van der Waals surface area contributed by atoms with Gasteiger partial charge in [0.25, 0.3) is 11.6 Å². The van der Waals surface area contributed by atoms with E-state index in [4.69, 9.17) is 4.52 Å². The Morgan fingerprint density at radius 2 is 2.10 bits per heavy atom. The molecule has 5 nitrogen and oxygen atoms in total. The van der Waals surface area contributed by atoms with Gasteiger partial charge in [0.15, 0.2) is 0 Å². The third kappa shape index (κ3) is 2.45. The monoisotopic (exact) mass is 289 g/mol. The van der Waals surface area contributed by atoms with Crippen LogP contribution in [0.5, 0.6) is 0 Å². The number of benzene rings is 1. The minimum Gasteiger partial charge on any atom is -0.336 e. The van der Waals surface area contributed by atoms with Crippen LogP contribution in [0, 0.1) is 18.6 Å². The normalized spacial score (nSPS) is 10.8. The molecule has 0 unspecified atom stereocenters. The number of fused-ring (bicyclic) bond motifs is 1. The standard InChI is InChI=1S/C14H9F2N3O2/c1-7-10-5-9(6-17-14(10)21-19-7)18-13(20)11-4-8(15)2-3-12(11)16/h2-6H,1H3,(H,18,20). The van der Waals surface area contributed by atoms with E-state index in [1.165, 1.54) is 6.20 Å². The Morgan fingerprint density at radius 1 is 1.29 bits per heavy atom. The third-order valence-corrected chi connectivity index (χ3v) is 2.94. The van der Waals surface area contributed by atoms with E-state index in [9.17, 15) is 13.6 Å². The fraction of sp³-hybridized carbons (Fsp3) is 0.0714. The summed E-state index contributed by atoms with van der Waals surface area (Å²) in [6.07, 6.45) is 1.35. The van der Waals surface area contributed by atoms with Gasteiger partial charge in [-0.15, -0.1) is 0 Å². The van der Waals surface area contributed by atoms with Crippen molar-refractivity contribution in [3.8, 4) is 0 Å². The van der Waals surface area contributed by atoms with E-state index in [0.717, 1.165) is 18.2 Å². The molecule has 106 valence electrons. The number of aryl methyl sites for hydroxylation is 1. The summed E-state index contributed by atoms with van der Waals surface area (Å²) in [5.74, 6) is -2.25. The number of carbonyl (C=O) groups is 1. The maximum Gasteiger partial charge on any atom is 0.258 e. The molecule has 1 aromatic carbocycles. The summed E-state index contributed by atoms with van der Waals surface area (Å²) >= 11 is 0. The Labute approximate surface area is 117 Å². The zero-order valence-electron chi connectivity index (χ0n) is 10.9. The maximum atomic E-state index is 13.5. The molecule has 0 spiro atoms. The summed E-state index contributed by atoms with van der Waals surface area (Å²) in [5, 5.41) is 6.83. The molecule has 0 bridgehead atoms. The summed E-state index contributed by atoms with van der Waals surface area (Å²) in [5.41, 5.74) is 0.910. The van der Waals surface area contributed by atoms with Gasteiger partial charge in [0.1, 0.15) is 11.6 Å². The molecular weight excluding hydrogens is 280 g/mol. The second kappa shape index (κ2) is 4.93. The number of aromatic nitrogens is 2. The van der Waals surface area contributed by atoms with Crippen LogP contribution in [0.4, 0.5) is 14.5 Å². The van der Waals surface area contributed by atoms with Crippen molar-refractivity contribution in [2.75, 3.05) is 5.32 Å². The minimum atomic E-state index is -0.802. The lowest BCUT2D eigenvalue weighted by Crippen LogP contribution is -2.14. The van der Waals surface area contributed by atoms with Gasteiger partial charge in [-0.25, -0.2) is 13.8 Å². The molecule has 0 aliphatic carbocycles. The van der Waals surface area contributed by atoms with Crippen LogP contribution in [0.1, 0.15) is 16.1 Å². The van der Waals surface area contributed by atoms with E-state index in [1.54, 1.807) is 13.0 Å². The number of nitrogens with zero attached hydrogens (tertiary/aromatic N) is 2. The van der Waals surface area contributed by atoms with Gasteiger partial charge in [-0.2, -0.15) is 0 Å². The summed E-state index contributed by atoms with van der Waals surface area (Å²) in [6, 6.07) is 4.28. The fourth-order valence-electron chi connectivity index (χ4n) is 1.88.